The SMILES string of the molecule is N#Cc1c(-n2c3ccccc3c3ccccc32)c(-n2c3ccccc3c3ccccc32)c(C#N)c(-n2c3ccc(-c4cccc5c6ccccc6c6ccccc6c45)cc3c3c4sc5ccccc5c4ccc32)c1-n1c2ccccc2c2ccccc21. The minimum Gasteiger partial charge on any atom is -0.306 e. The normalized spacial score (nSPS) is 12.1. The lowest BCUT2D eigenvalue weighted by Gasteiger charge is -2.27. The van der Waals surface area contributed by atoms with E-state index in [-0.39, 0.29) is 0 Å². The van der Waals surface area contributed by atoms with Gasteiger partial charge in [-0.05, 0) is 104 Å². The average Bonchev–Trinajstić information content (AvgIpc) is 1.73. The van der Waals surface area contributed by atoms with Gasteiger partial charge >= 0.3 is 0 Å². The van der Waals surface area contributed by atoms with Gasteiger partial charge in [0, 0.05) is 63.3 Å². The maximum atomic E-state index is 13.0. The van der Waals surface area contributed by atoms with Crippen molar-refractivity contribution in [3.05, 3.63) is 278 Å². The van der Waals surface area contributed by atoms with Crippen molar-refractivity contribution >= 4 is 151 Å². The molecule has 0 unspecified atom stereocenters. The van der Waals surface area contributed by atoms with Crippen LogP contribution in [0.4, 0.5) is 0 Å². The summed E-state index contributed by atoms with van der Waals surface area (Å²) in [7, 11) is 0. The first kappa shape index (κ1) is 47.7. The van der Waals surface area contributed by atoms with Crippen LogP contribution in [0.15, 0.2) is 267 Å². The third-order valence-electron chi connectivity index (χ3n) is 18.6. The molecule has 0 aliphatic rings. The second kappa shape index (κ2) is 17.9. The molecular formula is C80H44N6S. The summed E-state index contributed by atoms with van der Waals surface area (Å²) in [5.41, 5.74) is 12.9. The molecule has 5 aromatic heterocycles. The number of aromatic nitrogens is 4. The molecule has 0 saturated carbocycles. The number of nitriles is 2. The van der Waals surface area contributed by atoms with E-state index in [1.165, 1.54) is 47.8 Å². The molecule has 7 heteroatoms. The Morgan fingerprint density at radius 1 is 0.253 bits per heavy atom. The van der Waals surface area contributed by atoms with Gasteiger partial charge in [0.05, 0.1) is 66.9 Å². The van der Waals surface area contributed by atoms with Gasteiger partial charge in [-0.3, -0.25) is 0 Å². The molecule has 0 aliphatic carbocycles. The van der Waals surface area contributed by atoms with Crippen LogP contribution in [0.5, 0.6) is 0 Å². The Labute approximate surface area is 500 Å². The molecule has 19 aromatic rings. The van der Waals surface area contributed by atoms with Crippen LogP contribution in [0, 0.1) is 22.7 Å². The highest BCUT2D eigenvalue weighted by Gasteiger charge is 2.35. The van der Waals surface area contributed by atoms with Crippen molar-refractivity contribution in [3.63, 3.8) is 0 Å². The number of benzene rings is 14. The number of nitrogens with zero attached hydrogens (tertiary/aromatic N) is 6. The van der Waals surface area contributed by atoms with Crippen molar-refractivity contribution in [3.8, 4) is 46.0 Å². The molecule has 14 aromatic carbocycles. The number of hydrogen-bond donors (Lipinski definition) is 0. The van der Waals surface area contributed by atoms with Gasteiger partial charge in [-0.1, -0.05) is 206 Å². The van der Waals surface area contributed by atoms with E-state index >= 15 is 0 Å². The zero-order chi connectivity index (χ0) is 57.2. The van der Waals surface area contributed by atoms with Crippen LogP contribution < -0.4 is 0 Å². The second-order valence-electron chi connectivity index (χ2n) is 22.8. The summed E-state index contributed by atoms with van der Waals surface area (Å²) in [5.74, 6) is 0. The molecule has 0 spiro atoms. The first-order chi connectivity index (χ1) is 43.2. The summed E-state index contributed by atoms with van der Waals surface area (Å²) >= 11 is 1.81. The standard InChI is InChI=1S/C80H44N6S/c81-45-63-76(83-65-33-12-5-23-52(65)53-24-6-13-34-66(53)83)77(84-67-35-14-7-25-54(67)55-26-8-15-36-68(55)84)64(46-82)79(78(63)85-69-37-16-9-27-56(69)57-28-10-17-38-70(57)85)86-71-42-40-47(44-62(71)75-72(86)43-41-61-58-29-11-18-39-73(58)87-80(61)75)48-31-19-32-60-51-21-2-1-20-49(51)50-22-3-4-30-59(50)74(48)60/h1-44H. The first-order valence-electron chi connectivity index (χ1n) is 29.4. The van der Waals surface area contributed by atoms with Crippen LogP contribution in [0.2, 0.25) is 0 Å². The van der Waals surface area contributed by atoms with Crippen LogP contribution in [0.25, 0.3) is 174 Å². The van der Waals surface area contributed by atoms with E-state index < -0.39 is 0 Å². The fourth-order valence-corrected chi connectivity index (χ4v) is 16.4. The van der Waals surface area contributed by atoms with Crippen molar-refractivity contribution in [2.75, 3.05) is 0 Å². The number of thiophene rings is 1. The molecule has 0 N–H and O–H groups in total. The Bertz CT molecular complexity index is 6160. The van der Waals surface area contributed by atoms with Gasteiger partial charge in [-0.25, -0.2) is 0 Å². The number of rotatable bonds is 5. The Kier molecular flexibility index (Phi) is 9.81. The zero-order valence-corrected chi connectivity index (χ0v) is 47.3. The Hall–Kier alpha value is -11.7. The highest BCUT2D eigenvalue weighted by molar-refractivity contribution is 7.26. The van der Waals surface area contributed by atoms with E-state index in [0.29, 0.717) is 33.9 Å². The summed E-state index contributed by atoms with van der Waals surface area (Å²) in [6, 6.07) is 101. The van der Waals surface area contributed by atoms with Crippen LogP contribution in [0.1, 0.15) is 11.1 Å². The molecule has 87 heavy (non-hydrogen) atoms. The molecule has 400 valence electrons. The molecular weight excluding hydrogens is 1080 g/mol. The minimum atomic E-state index is 0.418. The predicted octanol–water partition coefficient (Wildman–Crippen LogP) is 21.3. The van der Waals surface area contributed by atoms with Crippen LogP contribution in [-0.4, -0.2) is 18.3 Å². The Morgan fingerprint density at radius 2 is 0.586 bits per heavy atom. The van der Waals surface area contributed by atoms with E-state index in [1.807, 2.05) is 11.3 Å². The fraction of sp³-hybridized carbons (Fsp3) is 0. The third kappa shape index (κ3) is 6.34. The zero-order valence-electron chi connectivity index (χ0n) is 46.5. The second-order valence-corrected chi connectivity index (χ2v) is 23.9. The van der Waals surface area contributed by atoms with Crippen molar-refractivity contribution in [2.24, 2.45) is 0 Å². The van der Waals surface area contributed by atoms with E-state index in [9.17, 15) is 10.5 Å². The van der Waals surface area contributed by atoms with E-state index in [0.717, 1.165) is 103 Å². The van der Waals surface area contributed by atoms with Crippen molar-refractivity contribution in [2.45, 2.75) is 0 Å². The van der Waals surface area contributed by atoms with Gasteiger partial charge in [0.15, 0.2) is 0 Å². The summed E-state index contributed by atoms with van der Waals surface area (Å²) in [6.45, 7) is 0. The average molecular weight is 1120 g/mol. The molecule has 5 heterocycles. The summed E-state index contributed by atoms with van der Waals surface area (Å²) in [4.78, 5) is 0. The summed E-state index contributed by atoms with van der Waals surface area (Å²) < 4.78 is 11.5. The Balaban J connectivity index is 1.06. The first-order valence-corrected chi connectivity index (χ1v) is 30.2. The lowest BCUT2D eigenvalue weighted by molar-refractivity contribution is 1.02. The number of hydrogen-bond acceptors (Lipinski definition) is 3. The molecule has 0 radical (unpaired) electrons. The molecule has 0 atom stereocenters. The predicted molar refractivity (Wildman–Crippen MR) is 364 cm³/mol. The number of para-hydroxylation sites is 6. The third-order valence-corrected chi connectivity index (χ3v) is 19.8. The quantitative estimate of drug-likeness (QED) is 0.161. The van der Waals surface area contributed by atoms with E-state index in [2.05, 4.69) is 297 Å². The topological polar surface area (TPSA) is 67.3 Å². The molecule has 0 fully saturated rings. The molecule has 0 aliphatic heterocycles. The summed E-state index contributed by atoms with van der Waals surface area (Å²) in [6.07, 6.45) is 0. The molecule has 0 saturated heterocycles. The fourth-order valence-electron chi connectivity index (χ4n) is 15.2. The van der Waals surface area contributed by atoms with E-state index in [4.69, 9.17) is 0 Å². The van der Waals surface area contributed by atoms with Crippen molar-refractivity contribution in [1.29, 1.82) is 10.5 Å². The minimum absolute atomic E-state index is 0.418. The molecule has 6 nitrogen and oxygen atoms in total. The van der Waals surface area contributed by atoms with E-state index in [1.54, 1.807) is 0 Å². The monoisotopic (exact) mass is 1120 g/mol. The van der Waals surface area contributed by atoms with Gasteiger partial charge in [0.2, 0.25) is 0 Å². The highest BCUT2D eigenvalue weighted by atomic mass is 32.1. The highest BCUT2D eigenvalue weighted by Crippen LogP contribution is 2.52. The van der Waals surface area contributed by atoms with Crippen LogP contribution in [-0.2, 0) is 0 Å². The van der Waals surface area contributed by atoms with Gasteiger partial charge in [-0.15, -0.1) is 11.3 Å². The molecule has 0 bridgehead atoms. The van der Waals surface area contributed by atoms with Gasteiger partial charge in [0.1, 0.15) is 23.3 Å². The van der Waals surface area contributed by atoms with Crippen LogP contribution in [0.3, 0.4) is 0 Å². The molecule has 19 rings (SSSR count). The van der Waals surface area contributed by atoms with Gasteiger partial charge in [-0.2, -0.15) is 10.5 Å². The summed E-state index contributed by atoms with van der Waals surface area (Å²) in [5, 5.41) is 43.9. The Morgan fingerprint density at radius 3 is 1.02 bits per heavy atom. The lowest BCUT2D eigenvalue weighted by atomic mass is 9.89. The van der Waals surface area contributed by atoms with Gasteiger partial charge in [0.25, 0.3) is 0 Å². The number of fused-ring (bicyclic) bond motifs is 22. The maximum Gasteiger partial charge on any atom is 0.104 e. The van der Waals surface area contributed by atoms with Crippen LogP contribution >= 0.6 is 11.3 Å². The van der Waals surface area contributed by atoms with Gasteiger partial charge < -0.3 is 18.3 Å². The largest absolute Gasteiger partial charge is 0.306 e. The lowest BCUT2D eigenvalue weighted by Crippen LogP contribution is -2.16. The molecule has 0 amide bonds. The smallest absolute Gasteiger partial charge is 0.104 e. The van der Waals surface area contributed by atoms with Crippen molar-refractivity contribution < 1.29 is 0 Å². The van der Waals surface area contributed by atoms with Crippen molar-refractivity contribution in [1.82, 2.24) is 18.3 Å². The maximum absolute atomic E-state index is 13.0.